The maximum atomic E-state index is 13.5. The highest BCUT2D eigenvalue weighted by molar-refractivity contribution is 8.00. The molecule has 0 spiro atoms. The van der Waals surface area contributed by atoms with Crippen LogP contribution in [0.3, 0.4) is 0 Å². The topological polar surface area (TPSA) is 46.9 Å². The second kappa shape index (κ2) is 10.5. The second-order valence-corrected chi connectivity index (χ2v) is 9.61. The lowest BCUT2D eigenvalue weighted by molar-refractivity contribution is -0.115. The van der Waals surface area contributed by atoms with Crippen LogP contribution in [0.1, 0.15) is 27.8 Å². The molecule has 0 aliphatic rings. The normalized spacial score (nSPS) is 11.9. The summed E-state index contributed by atoms with van der Waals surface area (Å²) in [5.41, 5.74) is 4.02. The number of rotatable bonds is 7. The number of carbonyl (C=O) groups excluding carboxylic acids is 1. The average molecular weight is 496 g/mol. The van der Waals surface area contributed by atoms with Crippen molar-refractivity contribution < 1.29 is 4.79 Å². The molecule has 1 N–H and O–H groups in total. The zero-order valence-electron chi connectivity index (χ0n) is 18.3. The van der Waals surface area contributed by atoms with Gasteiger partial charge in [-0.1, -0.05) is 77.8 Å². The number of benzene rings is 3. The smallest absolute Gasteiger partial charge is 0.242 e. The van der Waals surface area contributed by atoms with Crippen molar-refractivity contribution in [3.63, 3.8) is 0 Å². The summed E-state index contributed by atoms with van der Waals surface area (Å²) in [6.45, 7) is 4.24. The predicted molar refractivity (Wildman–Crippen MR) is 137 cm³/mol. The van der Waals surface area contributed by atoms with Crippen molar-refractivity contribution in [2.75, 3.05) is 5.32 Å². The molecule has 3 aromatic carbocycles. The fraction of sp³-hybridized carbons (Fsp3) is 0.154. The number of hydrogen-bond acceptors (Lipinski definition) is 3. The number of halogens is 2. The van der Waals surface area contributed by atoms with Crippen molar-refractivity contribution in [2.24, 2.45) is 0 Å². The summed E-state index contributed by atoms with van der Waals surface area (Å²) in [5, 5.41) is 8.52. The molecule has 33 heavy (non-hydrogen) atoms. The molecular formula is C26H23Cl2N3OS. The Hall–Kier alpha value is -2.73. The molecule has 1 atom stereocenters. The molecule has 1 heterocycles. The van der Waals surface area contributed by atoms with Gasteiger partial charge in [0.1, 0.15) is 5.25 Å². The molecule has 0 bridgehead atoms. The second-order valence-electron chi connectivity index (χ2n) is 7.61. The minimum atomic E-state index is -0.409. The van der Waals surface area contributed by atoms with E-state index in [1.165, 1.54) is 11.8 Å². The third kappa shape index (κ3) is 5.44. The monoisotopic (exact) mass is 495 g/mol. The van der Waals surface area contributed by atoms with Gasteiger partial charge < -0.3 is 5.32 Å². The van der Waals surface area contributed by atoms with Crippen molar-refractivity contribution in [3.05, 3.63) is 111 Å². The number of hydrogen-bond donors (Lipinski definition) is 1. The molecular weight excluding hydrogens is 473 g/mol. The molecule has 0 aliphatic heterocycles. The highest BCUT2D eigenvalue weighted by atomic mass is 35.5. The van der Waals surface area contributed by atoms with Crippen molar-refractivity contribution >= 4 is 46.6 Å². The lowest BCUT2D eigenvalue weighted by Gasteiger charge is -2.17. The highest BCUT2D eigenvalue weighted by Gasteiger charge is 2.24. The van der Waals surface area contributed by atoms with Gasteiger partial charge in [-0.15, -0.1) is 11.8 Å². The molecule has 168 valence electrons. The summed E-state index contributed by atoms with van der Waals surface area (Å²) >= 11 is 14.2. The van der Waals surface area contributed by atoms with Crippen LogP contribution in [0.2, 0.25) is 10.0 Å². The van der Waals surface area contributed by atoms with Crippen LogP contribution in [0.5, 0.6) is 0 Å². The number of carbonyl (C=O) groups is 1. The van der Waals surface area contributed by atoms with Crippen LogP contribution in [0.25, 0.3) is 0 Å². The molecule has 0 fully saturated rings. The number of nitrogens with one attached hydrogen (secondary N) is 1. The summed E-state index contributed by atoms with van der Waals surface area (Å²) < 4.78 is 1.82. The van der Waals surface area contributed by atoms with E-state index in [0.717, 1.165) is 27.4 Å². The van der Waals surface area contributed by atoms with Gasteiger partial charge in [0.15, 0.2) is 0 Å². The van der Waals surface area contributed by atoms with E-state index in [4.69, 9.17) is 23.2 Å². The predicted octanol–water partition coefficient (Wildman–Crippen LogP) is 7.33. The Morgan fingerprint density at radius 3 is 2.18 bits per heavy atom. The first-order chi connectivity index (χ1) is 15.9. The van der Waals surface area contributed by atoms with Crippen LogP contribution >= 0.6 is 35.0 Å². The van der Waals surface area contributed by atoms with E-state index < -0.39 is 5.25 Å². The van der Waals surface area contributed by atoms with Gasteiger partial charge in [0.2, 0.25) is 5.91 Å². The molecule has 4 rings (SSSR count). The molecule has 4 aromatic rings. The van der Waals surface area contributed by atoms with Crippen molar-refractivity contribution in [1.82, 2.24) is 9.78 Å². The first kappa shape index (κ1) is 23.4. The first-order valence-electron chi connectivity index (χ1n) is 10.5. The minimum absolute atomic E-state index is 0.100. The Morgan fingerprint density at radius 1 is 0.939 bits per heavy atom. The van der Waals surface area contributed by atoms with Gasteiger partial charge in [0.25, 0.3) is 0 Å². The molecule has 0 saturated carbocycles. The third-order valence-electron chi connectivity index (χ3n) is 5.34. The van der Waals surface area contributed by atoms with Gasteiger partial charge in [-0.3, -0.25) is 9.48 Å². The Balaban J connectivity index is 1.61. The van der Waals surface area contributed by atoms with E-state index in [-0.39, 0.29) is 5.91 Å². The lowest BCUT2D eigenvalue weighted by Crippen LogP contribution is -2.20. The average Bonchev–Trinajstić information content (AvgIpc) is 3.08. The van der Waals surface area contributed by atoms with Gasteiger partial charge in [-0.05, 0) is 43.7 Å². The zero-order valence-corrected chi connectivity index (χ0v) is 20.6. The van der Waals surface area contributed by atoms with Gasteiger partial charge in [0, 0.05) is 20.5 Å². The number of nitrogens with zero attached hydrogens (tertiary/aromatic N) is 2. The van der Waals surface area contributed by atoms with Crippen molar-refractivity contribution in [1.29, 1.82) is 0 Å². The van der Waals surface area contributed by atoms with Gasteiger partial charge in [-0.25, -0.2) is 0 Å². The van der Waals surface area contributed by atoms with Gasteiger partial charge in [0.05, 0.1) is 23.6 Å². The standard InChI is InChI=1S/C26H23Cl2N3OS/c1-17-24(18(2)31(30-17)16-21-22(27)14-9-15-23(21)28)29-26(32)25(19-10-5-3-6-11-19)33-20-12-7-4-8-13-20/h3-15,25H,16H2,1-2H3,(H,29,32)/t25-/m1/s1. The van der Waals surface area contributed by atoms with Crippen LogP contribution in [0.4, 0.5) is 5.69 Å². The van der Waals surface area contributed by atoms with E-state index in [9.17, 15) is 4.79 Å². The maximum Gasteiger partial charge on any atom is 0.242 e. The van der Waals surface area contributed by atoms with E-state index in [1.807, 2.05) is 97.4 Å². The highest BCUT2D eigenvalue weighted by Crippen LogP contribution is 2.37. The Labute approximate surface area is 207 Å². The van der Waals surface area contributed by atoms with Gasteiger partial charge in [-0.2, -0.15) is 5.10 Å². The minimum Gasteiger partial charge on any atom is -0.322 e. The number of aryl methyl sites for hydroxylation is 1. The fourth-order valence-corrected chi connectivity index (χ4v) is 5.15. The van der Waals surface area contributed by atoms with Crippen LogP contribution in [0.15, 0.2) is 83.8 Å². The molecule has 0 unspecified atom stereocenters. The van der Waals surface area contributed by atoms with Gasteiger partial charge >= 0.3 is 0 Å². The number of amides is 1. The summed E-state index contributed by atoms with van der Waals surface area (Å²) in [6.07, 6.45) is 0. The van der Waals surface area contributed by atoms with E-state index >= 15 is 0 Å². The van der Waals surface area contributed by atoms with Crippen molar-refractivity contribution in [2.45, 2.75) is 30.5 Å². The van der Waals surface area contributed by atoms with Crippen LogP contribution in [-0.2, 0) is 11.3 Å². The maximum absolute atomic E-state index is 13.5. The Bertz CT molecular complexity index is 1240. The summed E-state index contributed by atoms with van der Waals surface area (Å²) in [5.74, 6) is -0.100. The molecule has 0 radical (unpaired) electrons. The molecule has 4 nitrogen and oxygen atoms in total. The van der Waals surface area contributed by atoms with Crippen LogP contribution in [-0.4, -0.2) is 15.7 Å². The molecule has 1 amide bonds. The largest absolute Gasteiger partial charge is 0.322 e. The number of aromatic nitrogens is 2. The molecule has 7 heteroatoms. The number of thioether (sulfide) groups is 1. The fourth-order valence-electron chi connectivity index (χ4n) is 3.59. The number of anilines is 1. The Morgan fingerprint density at radius 2 is 1.55 bits per heavy atom. The molecule has 0 aliphatic carbocycles. The van der Waals surface area contributed by atoms with E-state index in [2.05, 4.69) is 10.4 Å². The summed E-state index contributed by atoms with van der Waals surface area (Å²) in [6, 6.07) is 25.2. The van der Waals surface area contributed by atoms with E-state index in [0.29, 0.717) is 22.3 Å². The first-order valence-corrected chi connectivity index (χ1v) is 12.1. The van der Waals surface area contributed by atoms with E-state index in [1.54, 1.807) is 0 Å². The molecule has 0 saturated heterocycles. The Kier molecular flexibility index (Phi) is 7.43. The quantitative estimate of drug-likeness (QED) is 0.273. The third-order valence-corrected chi connectivity index (χ3v) is 7.31. The van der Waals surface area contributed by atoms with Crippen molar-refractivity contribution in [3.8, 4) is 0 Å². The lowest BCUT2D eigenvalue weighted by atomic mass is 10.1. The van der Waals surface area contributed by atoms with Crippen LogP contribution in [0, 0.1) is 13.8 Å². The zero-order chi connectivity index (χ0) is 23.4. The molecule has 1 aromatic heterocycles. The van der Waals surface area contributed by atoms with Crippen LogP contribution < -0.4 is 5.32 Å². The summed E-state index contributed by atoms with van der Waals surface area (Å²) in [4.78, 5) is 14.5. The SMILES string of the molecule is Cc1nn(Cc2c(Cl)cccc2Cl)c(C)c1NC(=O)[C@H](Sc1ccccc1)c1ccccc1. The summed E-state index contributed by atoms with van der Waals surface area (Å²) in [7, 11) is 0.